The maximum Gasteiger partial charge on any atom is 0.329 e. The molecule has 0 bridgehead atoms. The first-order chi connectivity index (χ1) is 19.2. The summed E-state index contributed by atoms with van der Waals surface area (Å²) in [4.78, 5) is 28.6. The smallest absolute Gasteiger partial charge is 0.329 e. The number of ether oxygens (including phenoxy) is 1. The lowest BCUT2D eigenvalue weighted by Crippen LogP contribution is -2.37. The van der Waals surface area contributed by atoms with Crippen molar-refractivity contribution in [3.63, 3.8) is 0 Å². The number of carbonyl (C=O) groups is 2. The fraction of sp³-hybridized carbons (Fsp3) is 0.231. The van der Waals surface area contributed by atoms with Gasteiger partial charge in [0.1, 0.15) is 19.3 Å². The van der Waals surface area contributed by atoms with E-state index in [1.165, 1.54) is 21.9 Å². The molecule has 0 aliphatic carbocycles. The van der Waals surface area contributed by atoms with Crippen molar-refractivity contribution in [3.8, 4) is 11.4 Å². The van der Waals surface area contributed by atoms with Gasteiger partial charge in [-0.1, -0.05) is 60.4 Å². The van der Waals surface area contributed by atoms with Crippen LogP contribution in [0.2, 0.25) is 15.1 Å². The van der Waals surface area contributed by atoms with Gasteiger partial charge in [-0.25, -0.2) is 14.5 Å². The number of rotatable bonds is 10. The molecule has 14 heteroatoms. The molecule has 2 aromatic heterocycles. The normalized spacial score (nSPS) is 10.4. The number of nitrogens with zero attached hydrogens (tertiary/aromatic N) is 7. The number of halogens is 3. The highest BCUT2D eigenvalue weighted by Gasteiger charge is 2.16. The fourth-order valence-corrected chi connectivity index (χ4v) is 4.48. The van der Waals surface area contributed by atoms with Crippen molar-refractivity contribution in [2.45, 2.75) is 19.8 Å². The Morgan fingerprint density at radius 3 is 2.45 bits per heavy atom. The Kier molecular flexibility index (Phi) is 11.5. The van der Waals surface area contributed by atoms with Gasteiger partial charge in [0.2, 0.25) is 0 Å². The molecule has 0 aliphatic rings. The quantitative estimate of drug-likeness (QED) is 0.249. The van der Waals surface area contributed by atoms with Crippen LogP contribution in [-0.4, -0.2) is 71.5 Å². The second kappa shape index (κ2) is 15.0. The van der Waals surface area contributed by atoms with Gasteiger partial charge in [-0.05, 0) is 52.2 Å². The van der Waals surface area contributed by atoms with Crippen LogP contribution < -0.4 is 4.74 Å². The van der Waals surface area contributed by atoms with Crippen LogP contribution in [0.4, 0.5) is 4.79 Å². The number of hydrogen-bond acceptors (Lipinski definition) is 7. The van der Waals surface area contributed by atoms with E-state index in [1.54, 1.807) is 53.7 Å². The molecule has 0 spiro atoms. The lowest BCUT2D eigenvalue weighted by Gasteiger charge is -2.22. The van der Waals surface area contributed by atoms with E-state index < -0.39 is 5.97 Å². The SMILES string of the molecule is C=Cc1cc(-n2cnnn2)ccc1CC(=O)O.CCCN(CCOc1c(Cl)cc(Cl)cc1Cl)C(=O)n1ccnc1. The Morgan fingerprint density at radius 1 is 1.12 bits per heavy atom. The van der Waals surface area contributed by atoms with Crippen molar-refractivity contribution >= 4 is 52.9 Å². The maximum absolute atomic E-state index is 12.3. The molecule has 0 atom stereocenters. The van der Waals surface area contributed by atoms with Crippen LogP contribution >= 0.6 is 34.8 Å². The van der Waals surface area contributed by atoms with Crippen LogP contribution in [-0.2, 0) is 11.2 Å². The highest BCUT2D eigenvalue weighted by Crippen LogP contribution is 2.35. The van der Waals surface area contributed by atoms with Crippen LogP contribution in [0.25, 0.3) is 11.8 Å². The third kappa shape index (κ3) is 8.54. The Hall–Kier alpha value is -3.93. The first-order valence-corrected chi connectivity index (χ1v) is 13.1. The van der Waals surface area contributed by atoms with Gasteiger partial charge in [-0.2, -0.15) is 0 Å². The molecule has 2 aromatic carbocycles. The Bertz CT molecular complexity index is 1410. The van der Waals surface area contributed by atoms with Crippen LogP contribution in [0.1, 0.15) is 24.5 Å². The molecule has 2 heterocycles. The lowest BCUT2D eigenvalue weighted by molar-refractivity contribution is -0.136. The number of aromatic nitrogens is 6. The molecule has 0 saturated heterocycles. The van der Waals surface area contributed by atoms with Gasteiger partial charge in [-0.3, -0.25) is 9.36 Å². The van der Waals surface area contributed by atoms with Gasteiger partial charge in [0.15, 0.2) is 5.75 Å². The van der Waals surface area contributed by atoms with Gasteiger partial charge in [-0.15, -0.1) is 5.10 Å². The summed E-state index contributed by atoms with van der Waals surface area (Å²) in [7, 11) is 0. The third-order valence-electron chi connectivity index (χ3n) is 5.36. The molecule has 4 rings (SSSR count). The number of tetrazole rings is 1. The summed E-state index contributed by atoms with van der Waals surface area (Å²) in [5, 5.41) is 20.7. The topological polar surface area (TPSA) is 128 Å². The number of amides is 1. The minimum Gasteiger partial charge on any atom is -0.489 e. The van der Waals surface area contributed by atoms with Crippen molar-refractivity contribution in [3.05, 3.63) is 88.2 Å². The number of hydrogen-bond donors (Lipinski definition) is 1. The average molecular weight is 607 g/mol. The molecule has 0 aliphatic heterocycles. The second-order valence-electron chi connectivity index (χ2n) is 8.20. The summed E-state index contributed by atoms with van der Waals surface area (Å²) < 4.78 is 8.55. The highest BCUT2D eigenvalue weighted by molar-refractivity contribution is 6.40. The Labute approximate surface area is 245 Å². The molecule has 0 fully saturated rings. The Balaban J connectivity index is 0.000000230. The second-order valence-corrected chi connectivity index (χ2v) is 9.45. The van der Waals surface area contributed by atoms with Crippen molar-refractivity contribution in [1.29, 1.82) is 0 Å². The van der Waals surface area contributed by atoms with Crippen LogP contribution in [0.3, 0.4) is 0 Å². The number of aliphatic carboxylic acids is 1. The van der Waals surface area contributed by atoms with Crippen LogP contribution in [0.15, 0.2) is 62.0 Å². The monoisotopic (exact) mass is 605 g/mol. The van der Waals surface area contributed by atoms with Gasteiger partial charge in [0, 0.05) is 24.0 Å². The predicted molar refractivity (Wildman–Crippen MR) is 152 cm³/mol. The zero-order valence-corrected chi connectivity index (χ0v) is 23.7. The summed E-state index contributed by atoms with van der Waals surface area (Å²) in [5.74, 6) is -0.507. The number of carboxylic acid groups (broad SMARTS) is 1. The summed E-state index contributed by atoms with van der Waals surface area (Å²) in [6, 6.07) is 8.27. The van der Waals surface area contributed by atoms with Crippen molar-refractivity contribution < 1.29 is 19.4 Å². The fourth-order valence-electron chi connectivity index (χ4n) is 3.55. The molecule has 4 aromatic rings. The molecule has 0 unspecified atom stereocenters. The van der Waals surface area contributed by atoms with Crippen LogP contribution in [0.5, 0.6) is 5.75 Å². The van der Waals surface area contributed by atoms with E-state index in [0.29, 0.717) is 39.5 Å². The minimum absolute atomic E-state index is 0.0305. The lowest BCUT2D eigenvalue weighted by atomic mass is 10.0. The number of carboxylic acids is 1. The molecule has 40 heavy (non-hydrogen) atoms. The first-order valence-electron chi connectivity index (χ1n) is 12.0. The average Bonchev–Trinajstić information content (AvgIpc) is 3.64. The van der Waals surface area contributed by atoms with E-state index in [1.807, 2.05) is 6.92 Å². The molecular weight excluding hydrogens is 581 g/mol. The minimum atomic E-state index is -0.872. The first kappa shape index (κ1) is 30.6. The largest absolute Gasteiger partial charge is 0.489 e. The predicted octanol–water partition coefficient (Wildman–Crippen LogP) is 5.53. The molecule has 210 valence electrons. The highest BCUT2D eigenvalue weighted by atomic mass is 35.5. The van der Waals surface area contributed by atoms with Crippen LogP contribution in [0, 0.1) is 0 Å². The van der Waals surface area contributed by atoms with Crippen molar-refractivity contribution in [2.24, 2.45) is 0 Å². The van der Waals surface area contributed by atoms with E-state index in [2.05, 4.69) is 27.1 Å². The van der Waals surface area contributed by atoms with E-state index >= 15 is 0 Å². The molecule has 1 amide bonds. The van der Waals surface area contributed by atoms with E-state index in [0.717, 1.165) is 17.7 Å². The summed E-state index contributed by atoms with van der Waals surface area (Å²) >= 11 is 18.0. The van der Waals surface area contributed by atoms with Crippen molar-refractivity contribution in [2.75, 3.05) is 19.7 Å². The zero-order chi connectivity index (χ0) is 29.1. The summed E-state index contributed by atoms with van der Waals surface area (Å²) in [6.07, 6.45) is 8.54. The van der Waals surface area contributed by atoms with E-state index in [4.69, 9.17) is 44.6 Å². The Morgan fingerprint density at radius 2 is 1.88 bits per heavy atom. The van der Waals surface area contributed by atoms with E-state index in [9.17, 15) is 9.59 Å². The number of benzene rings is 2. The summed E-state index contributed by atoms with van der Waals surface area (Å²) in [5.41, 5.74) is 2.24. The number of carbonyl (C=O) groups excluding carboxylic acids is 1. The van der Waals surface area contributed by atoms with Crippen molar-refractivity contribution in [1.82, 2.24) is 34.7 Å². The van der Waals surface area contributed by atoms with Gasteiger partial charge in [0.05, 0.1) is 28.7 Å². The third-order valence-corrected chi connectivity index (χ3v) is 6.14. The molecule has 11 nitrogen and oxygen atoms in total. The standard InChI is InChI=1S/C15H16Cl3N3O2.C11H10N4O2/c1-2-4-20(15(22)21-5-3-19-10-21)6-7-23-14-12(17)8-11(16)9-13(14)18;1-2-8-5-10(15-7-12-13-14-15)4-3-9(8)6-11(16)17/h3,5,8-10H,2,4,6-7H2,1H3;2-5,7H,1,6H2,(H,16,17). The molecule has 0 saturated carbocycles. The molecule has 0 radical (unpaired) electrons. The van der Waals surface area contributed by atoms with E-state index in [-0.39, 0.29) is 19.1 Å². The molecule has 1 N–H and O–H groups in total. The van der Waals surface area contributed by atoms with Gasteiger partial charge < -0.3 is 14.7 Å². The van der Waals surface area contributed by atoms with Gasteiger partial charge in [0.25, 0.3) is 0 Å². The van der Waals surface area contributed by atoms with Gasteiger partial charge >= 0.3 is 12.0 Å². The summed E-state index contributed by atoms with van der Waals surface area (Å²) in [6.45, 7) is 6.95. The number of imidazole rings is 1. The maximum atomic E-state index is 12.3. The zero-order valence-electron chi connectivity index (χ0n) is 21.5. The molecular formula is C26H26Cl3N7O4.